The minimum absolute atomic E-state index is 0.103. The zero-order valence-corrected chi connectivity index (χ0v) is 13.7. The fourth-order valence-electron chi connectivity index (χ4n) is 2.57. The number of fused-ring (bicyclic) bond motifs is 1. The number of benzene rings is 1. The third-order valence-corrected chi connectivity index (χ3v) is 5.79. The van der Waals surface area contributed by atoms with Gasteiger partial charge in [-0.05, 0) is 44.4 Å². The molecule has 1 aromatic carbocycles. The summed E-state index contributed by atoms with van der Waals surface area (Å²) in [4.78, 5) is 0.348. The Bertz CT molecular complexity index is 585. The Balaban J connectivity index is 2.33. The van der Waals surface area contributed by atoms with Gasteiger partial charge in [-0.1, -0.05) is 6.07 Å². The minimum atomic E-state index is -3.49. The van der Waals surface area contributed by atoms with Crippen LogP contribution in [-0.4, -0.2) is 45.6 Å². The maximum absolute atomic E-state index is 12.8. The molecule has 0 saturated carbocycles. The van der Waals surface area contributed by atoms with E-state index in [2.05, 4.69) is 5.32 Å². The number of hydrogen-bond acceptors (Lipinski definition) is 4. The summed E-state index contributed by atoms with van der Waals surface area (Å²) < 4.78 is 32.1. The number of anilines is 1. The van der Waals surface area contributed by atoms with Gasteiger partial charge >= 0.3 is 0 Å². The van der Waals surface area contributed by atoms with E-state index in [0.717, 1.165) is 25.1 Å². The topological polar surface area (TPSA) is 58.6 Å². The molecule has 0 radical (unpaired) electrons. The lowest BCUT2D eigenvalue weighted by atomic mass is 10.0. The van der Waals surface area contributed by atoms with Crippen LogP contribution in [0.1, 0.15) is 25.8 Å². The third kappa shape index (κ3) is 3.56. The first kappa shape index (κ1) is 16.3. The fraction of sp³-hybridized carbons (Fsp3) is 0.600. The molecule has 0 atom stereocenters. The molecule has 5 nitrogen and oxygen atoms in total. The minimum Gasteiger partial charge on any atom is -0.385 e. The molecule has 1 aliphatic heterocycles. The zero-order chi connectivity index (χ0) is 15.5. The maximum atomic E-state index is 12.8. The SMILES string of the molecule is COCCN(C(C)C)S(=O)(=O)c1ccc2c(c1)NCCC2. The molecule has 0 bridgehead atoms. The Morgan fingerprint density at radius 2 is 2.14 bits per heavy atom. The van der Waals surface area contributed by atoms with Crippen molar-refractivity contribution in [3.05, 3.63) is 23.8 Å². The Labute approximate surface area is 127 Å². The monoisotopic (exact) mass is 312 g/mol. The van der Waals surface area contributed by atoms with Crippen molar-refractivity contribution in [2.75, 3.05) is 32.1 Å². The Kier molecular flexibility index (Phi) is 5.24. The highest BCUT2D eigenvalue weighted by molar-refractivity contribution is 7.89. The van der Waals surface area contributed by atoms with E-state index in [4.69, 9.17) is 4.74 Å². The van der Waals surface area contributed by atoms with Gasteiger partial charge in [-0.2, -0.15) is 4.31 Å². The summed E-state index contributed by atoms with van der Waals surface area (Å²) in [6, 6.07) is 5.28. The van der Waals surface area contributed by atoms with Gasteiger partial charge in [-0.25, -0.2) is 8.42 Å². The van der Waals surface area contributed by atoms with E-state index < -0.39 is 10.0 Å². The summed E-state index contributed by atoms with van der Waals surface area (Å²) in [7, 11) is -1.92. The molecular formula is C15H24N2O3S. The quantitative estimate of drug-likeness (QED) is 0.874. The van der Waals surface area contributed by atoms with Gasteiger partial charge in [-0.3, -0.25) is 0 Å². The summed E-state index contributed by atoms with van der Waals surface area (Å²) in [5.74, 6) is 0. The lowest BCUT2D eigenvalue weighted by molar-refractivity contribution is 0.171. The molecule has 21 heavy (non-hydrogen) atoms. The van der Waals surface area contributed by atoms with Crippen LogP contribution in [0.4, 0.5) is 5.69 Å². The molecule has 0 spiro atoms. The number of aryl methyl sites for hydroxylation is 1. The molecule has 0 amide bonds. The van der Waals surface area contributed by atoms with Crippen LogP contribution >= 0.6 is 0 Å². The first-order chi connectivity index (χ1) is 9.96. The molecule has 1 heterocycles. The Morgan fingerprint density at radius 1 is 1.38 bits per heavy atom. The highest BCUT2D eigenvalue weighted by Gasteiger charge is 2.27. The highest BCUT2D eigenvalue weighted by atomic mass is 32.2. The second kappa shape index (κ2) is 6.77. The third-order valence-electron chi connectivity index (χ3n) is 3.72. The first-order valence-electron chi connectivity index (χ1n) is 7.34. The van der Waals surface area contributed by atoms with E-state index in [9.17, 15) is 8.42 Å². The van der Waals surface area contributed by atoms with Crippen LogP contribution in [0.15, 0.2) is 23.1 Å². The average molecular weight is 312 g/mol. The normalized spacial score (nSPS) is 15.1. The van der Waals surface area contributed by atoms with Crippen LogP contribution in [0.2, 0.25) is 0 Å². The first-order valence-corrected chi connectivity index (χ1v) is 8.78. The predicted molar refractivity (Wildman–Crippen MR) is 84.2 cm³/mol. The largest absolute Gasteiger partial charge is 0.385 e. The zero-order valence-electron chi connectivity index (χ0n) is 12.9. The van der Waals surface area contributed by atoms with Gasteiger partial charge in [0, 0.05) is 31.9 Å². The highest BCUT2D eigenvalue weighted by Crippen LogP contribution is 2.27. The van der Waals surface area contributed by atoms with E-state index in [-0.39, 0.29) is 6.04 Å². The molecule has 0 aromatic heterocycles. The van der Waals surface area contributed by atoms with Gasteiger partial charge in [0.25, 0.3) is 0 Å². The van der Waals surface area contributed by atoms with Crippen LogP contribution in [-0.2, 0) is 21.2 Å². The van der Waals surface area contributed by atoms with Crippen molar-refractivity contribution in [1.82, 2.24) is 4.31 Å². The smallest absolute Gasteiger partial charge is 0.243 e. The molecule has 0 saturated heterocycles. The summed E-state index contributed by atoms with van der Waals surface area (Å²) in [5, 5.41) is 3.28. The average Bonchev–Trinajstić information content (AvgIpc) is 2.46. The standard InChI is InChI=1S/C15H24N2O3S/c1-12(2)17(9-10-20-3)21(18,19)14-7-6-13-5-4-8-16-15(13)11-14/h6-7,11-12,16H,4-5,8-10H2,1-3H3. The Hall–Kier alpha value is -1.11. The molecular weight excluding hydrogens is 288 g/mol. The molecule has 0 aliphatic carbocycles. The Morgan fingerprint density at radius 3 is 2.81 bits per heavy atom. The van der Waals surface area contributed by atoms with E-state index >= 15 is 0 Å². The molecule has 1 aliphatic rings. The van der Waals surface area contributed by atoms with Crippen molar-refractivity contribution < 1.29 is 13.2 Å². The van der Waals surface area contributed by atoms with Gasteiger partial charge < -0.3 is 10.1 Å². The number of rotatable bonds is 6. The van der Waals surface area contributed by atoms with Crippen molar-refractivity contribution in [3.63, 3.8) is 0 Å². The maximum Gasteiger partial charge on any atom is 0.243 e. The van der Waals surface area contributed by atoms with Crippen LogP contribution in [0.3, 0.4) is 0 Å². The van der Waals surface area contributed by atoms with Gasteiger partial charge in [-0.15, -0.1) is 0 Å². The summed E-state index contributed by atoms with van der Waals surface area (Å²) in [5.41, 5.74) is 2.13. The van der Waals surface area contributed by atoms with Gasteiger partial charge in [0.15, 0.2) is 0 Å². The van der Waals surface area contributed by atoms with Crippen LogP contribution < -0.4 is 5.32 Å². The summed E-state index contributed by atoms with van der Waals surface area (Å²) >= 11 is 0. The number of nitrogens with zero attached hydrogens (tertiary/aromatic N) is 1. The molecule has 1 N–H and O–H groups in total. The second-order valence-electron chi connectivity index (χ2n) is 5.55. The lowest BCUT2D eigenvalue weighted by Crippen LogP contribution is -2.39. The van der Waals surface area contributed by atoms with E-state index in [1.165, 1.54) is 9.87 Å². The summed E-state index contributed by atoms with van der Waals surface area (Å²) in [6.45, 7) is 5.41. The molecule has 0 unspecified atom stereocenters. The van der Waals surface area contributed by atoms with Crippen LogP contribution in [0, 0.1) is 0 Å². The molecule has 1 aromatic rings. The molecule has 6 heteroatoms. The van der Waals surface area contributed by atoms with Crippen molar-refractivity contribution in [3.8, 4) is 0 Å². The van der Waals surface area contributed by atoms with Crippen molar-refractivity contribution in [2.45, 2.75) is 37.6 Å². The molecule has 118 valence electrons. The van der Waals surface area contributed by atoms with Crippen LogP contribution in [0.5, 0.6) is 0 Å². The van der Waals surface area contributed by atoms with E-state index in [1.54, 1.807) is 19.2 Å². The number of hydrogen-bond donors (Lipinski definition) is 1. The van der Waals surface area contributed by atoms with Crippen molar-refractivity contribution in [1.29, 1.82) is 0 Å². The van der Waals surface area contributed by atoms with Gasteiger partial charge in [0.05, 0.1) is 11.5 Å². The van der Waals surface area contributed by atoms with Gasteiger partial charge in [0.2, 0.25) is 10.0 Å². The fourth-order valence-corrected chi connectivity index (χ4v) is 4.22. The lowest BCUT2D eigenvalue weighted by Gasteiger charge is -2.26. The van der Waals surface area contributed by atoms with Gasteiger partial charge in [0.1, 0.15) is 0 Å². The van der Waals surface area contributed by atoms with E-state index in [1.807, 2.05) is 19.9 Å². The van der Waals surface area contributed by atoms with Crippen molar-refractivity contribution >= 4 is 15.7 Å². The van der Waals surface area contributed by atoms with Crippen molar-refractivity contribution in [2.24, 2.45) is 0 Å². The predicted octanol–water partition coefficient (Wildman–Crippen LogP) is 2.09. The van der Waals surface area contributed by atoms with Crippen LogP contribution in [0.25, 0.3) is 0 Å². The van der Waals surface area contributed by atoms with E-state index in [0.29, 0.717) is 18.0 Å². The summed E-state index contributed by atoms with van der Waals surface area (Å²) in [6.07, 6.45) is 2.09. The number of sulfonamides is 1. The number of ether oxygens (including phenoxy) is 1. The number of nitrogens with one attached hydrogen (secondary N) is 1. The second-order valence-corrected chi connectivity index (χ2v) is 7.44. The molecule has 2 rings (SSSR count). The number of methoxy groups -OCH3 is 1. The molecule has 0 fully saturated rings.